The van der Waals surface area contributed by atoms with Crippen molar-refractivity contribution in [1.29, 1.82) is 0 Å². The van der Waals surface area contributed by atoms with E-state index in [1.54, 1.807) is 6.92 Å². The smallest absolute Gasteiger partial charge is 0.320 e. The molecule has 118 valence electrons. The van der Waals surface area contributed by atoms with Crippen molar-refractivity contribution in [2.45, 2.75) is 38.8 Å². The number of carboxylic acids is 1. The van der Waals surface area contributed by atoms with Crippen LogP contribution >= 0.6 is 0 Å². The number of amides is 2. The molecule has 2 rings (SSSR count). The highest BCUT2D eigenvalue weighted by molar-refractivity contribution is 6.05. The minimum Gasteiger partial charge on any atom is -0.480 e. The summed E-state index contributed by atoms with van der Waals surface area (Å²) in [6.07, 6.45) is 1.03. The van der Waals surface area contributed by atoms with Gasteiger partial charge in [0.15, 0.2) is 0 Å². The Morgan fingerprint density at radius 3 is 2.43 bits per heavy atom. The molecule has 21 heavy (non-hydrogen) atoms. The molecule has 2 aliphatic heterocycles. The third kappa shape index (κ3) is 3.24. The van der Waals surface area contributed by atoms with Gasteiger partial charge in [0, 0.05) is 32.7 Å². The number of imide groups is 1. The van der Waals surface area contributed by atoms with Gasteiger partial charge in [0.05, 0.1) is 12.5 Å². The lowest BCUT2D eigenvalue weighted by Crippen LogP contribution is -2.55. The topological polar surface area (TPSA) is 81.2 Å². The van der Waals surface area contributed by atoms with Gasteiger partial charge in [-0.2, -0.15) is 0 Å². The summed E-state index contributed by atoms with van der Waals surface area (Å²) >= 11 is 0. The number of carbonyl (C=O) groups is 3. The second-order valence-corrected chi connectivity index (χ2v) is 5.69. The Morgan fingerprint density at radius 2 is 1.90 bits per heavy atom. The maximum atomic E-state index is 12.3. The van der Waals surface area contributed by atoms with Crippen LogP contribution in [0.4, 0.5) is 0 Å². The molecule has 2 unspecified atom stereocenters. The predicted octanol–water partition coefficient (Wildman–Crippen LogP) is -0.385. The molecule has 2 atom stereocenters. The molecule has 2 aliphatic rings. The van der Waals surface area contributed by atoms with Crippen LogP contribution in [0, 0.1) is 0 Å². The molecular weight excluding hydrogens is 274 g/mol. The normalized spacial score (nSPS) is 26.4. The van der Waals surface area contributed by atoms with E-state index in [9.17, 15) is 14.4 Å². The molecule has 0 saturated carbocycles. The first kappa shape index (κ1) is 15.9. The zero-order valence-electron chi connectivity index (χ0n) is 12.6. The van der Waals surface area contributed by atoms with E-state index in [1.165, 1.54) is 4.90 Å². The molecule has 0 aromatic carbocycles. The van der Waals surface area contributed by atoms with Gasteiger partial charge in [-0.25, -0.2) is 0 Å². The number of carboxylic acid groups (broad SMARTS) is 1. The van der Waals surface area contributed by atoms with Crippen LogP contribution in [0.15, 0.2) is 0 Å². The molecule has 0 aliphatic carbocycles. The number of aliphatic carboxylic acids is 1. The highest BCUT2D eigenvalue weighted by Crippen LogP contribution is 2.21. The fourth-order valence-corrected chi connectivity index (χ4v) is 3.00. The SMILES string of the molecule is CCCN1C(=O)CC(N2CCN(C(C)C(=O)O)CC2)C1=O. The lowest BCUT2D eigenvalue weighted by molar-refractivity contribution is -0.144. The van der Waals surface area contributed by atoms with E-state index in [-0.39, 0.29) is 24.3 Å². The van der Waals surface area contributed by atoms with Crippen molar-refractivity contribution >= 4 is 17.8 Å². The van der Waals surface area contributed by atoms with Gasteiger partial charge in [0.2, 0.25) is 11.8 Å². The summed E-state index contributed by atoms with van der Waals surface area (Å²) in [5, 5.41) is 9.02. The standard InChI is InChI=1S/C14H23N3O4/c1-3-4-17-12(18)9-11(13(17)19)16-7-5-15(6-8-16)10(2)14(20)21/h10-11H,3-9H2,1-2H3,(H,20,21). The van der Waals surface area contributed by atoms with Crippen molar-refractivity contribution < 1.29 is 19.5 Å². The van der Waals surface area contributed by atoms with Gasteiger partial charge >= 0.3 is 5.97 Å². The van der Waals surface area contributed by atoms with E-state index in [0.29, 0.717) is 32.7 Å². The number of hydrogen-bond donors (Lipinski definition) is 1. The monoisotopic (exact) mass is 297 g/mol. The van der Waals surface area contributed by atoms with Crippen LogP contribution in [0.2, 0.25) is 0 Å². The highest BCUT2D eigenvalue weighted by Gasteiger charge is 2.42. The quantitative estimate of drug-likeness (QED) is 0.696. The molecule has 2 saturated heterocycles. The number of hydrogen-bond acceptors (Lipinski definition) is 5. The maximum absolute atomic E-state index is 12.3. The summed E-state index contributed by atoms with van der Waals surface area (Å²) in [7, 11) is 0. The minimum absolute atomic E-state index is 0.0896. The Kier molecular flexibility index (Phi) is 4.95. The lowest BCUT2D eigenvalue weighted by atomic mass is 10.1. The van der Waals surface area contributed by atoms with Crippen LogP contribution in [-0.2, 0) is 14.4 Å². The molecule has 2 heterocycles. The number of rotatable bonds is 5. The fraction of sp³-hybridized carbons (Fsp3) is 0.786. The summed E-state index contributed by atoms with van der Waals surface area (Å²) in [5.41, 5.74) is 0. The van der Waals surface area contributed by atoms with E-state index in [1.807, 2.05) is 16.7 Å². The van der Waals surface area contributed by atoms with Crippen LogP contribution in [-0.4, -0.2) is 82.4 Å². The van der Waals surface area contributed by atoms with E-state index >= 15 is 0 Å². The number of piperazine rings is 1. The Balaban J connectivity index is 1.92. The molecule has 0 bridgehead atoms. The molecule has 1 N–H and O–H groups in total. The summed E-state index contributed by atoms with van der Waals surface area (Å²) in [5.74, 6) is -1.01. The fourth-order valence-electron chi connectivity index (χ4n) is 3.00. The van der Waals surface area contributed by atoms with E-state index in [4.69, 9.17) is 5.11 Å². The zero-order chi connectivity index (χ0) is 15.6. The Labute approximate surface area is 124 Å². The Hall–Kier alpha value is -1.47. The van der Waals surface area contributed by atoms with Crippen molar-refractivity contribution in [2.24, 2.45) is 0 Å². The summed E-state index contributed by atoms with van der Waals surface area (Å²) < 4.78 is 0. The van der Waals surface area contributed by atoms with Gasteiger partial charge in [-0.15, -0.1) is 0 Å². The maximum Gasteiger partial charge on any atom is 0.320 e. The zero-order valence-corrected chi connectivity index (χ0v) is 12.6. The van der Waals surface area contributed by atoms with Gasteiger partial charge in [0.25, 0.3) is 0 Å². The Morgan fingerprint density at radius 1 is 1.29 bits per heavy atom. The largest absolute Gasteiger partial charge is 0.480 e. The van der Waals surface area contributed by atoms with Gasteiger partial charge < -0.3 is 5.11 Å². The second kappa shape index (κ2) is 6.53. The Bertz CT molecular complexity index is 432. The first-order chi connectivity index (χ1) is 9.95. The molecular formula is C14H23N3O4. The van der Waals surface area contributed by atoms with Crippen molar-refractivity contribution in [3.8, 4) is 0 Å². The van der Waals surface area contributed by atoms with Gasteiger partial charge in [0.1, 0.15) is 6.04 Å². The van der Waals surface area contributed by atoms with Gasteiger partial charge in [-0.05, 0) is 13.3 Å². The molecule has 7 heteroatoms. The molecule has 2 amide bonds. The molecule has 0 aromatic rings. The summed E-state index contributed by atoms with van der Waals surface area (Å²) in [6, 6.07) is -0.865. The predicted molar refractivity (Wildman–Crippen MR) is 75.7 cm³/mol. The third-order valence-corrected chi connectivity index (χ3v) is 4.36. The second-order valence-electron chi connectivity index (χ2n) is 5.69. The minimum atomic E-state index is -0.829. The third-order valence-electron chi connectivity index (χ3n) is 4.36. The van der Waals surface area contributed by atoms with Crippen molar-refractivity contribution in [1.82, 2.24) is 14.7 Å². The van der Waals surface area contributed by atoms with Crippen LogP contribution in [0.3, 0.4) is 0 Å². The van der Waals surface area contributed by atoms with Crippen LogP contribution in [0.25, 0.3) is 0 Å². The summed E-state index contributed by atoms with van der Waals surface area (Å²) in [6.45, 7) is 6.58. The molecule has 0 radical (unpaired) electrons. The van der Waals surface area contributed by atoms with Gasteiger partial charge in [-0.1, -0.05) is 6.92 Å². The number of likely N-dealkylation sites (tertiary alicyclic amines) is 1. The van der Waals surface area contributed by atoms with Crippen LogP contribution < -0.4 is 0 Å². The first-order valence-electron chi connectivity index (χ1n) is 7.50. The average Bonchev–Trinajstić information content (AvgIpc) is 2.75. The molecule has 2 fully saturated rings. The number of nitrogens with zero attached hydrogens (tertiary/aromatic N) is 3. The molecule has 0 aromatic heterocycles. The molecule has 7 nitrogen and oxygen atoms in total. The van der Waals surface area contributed by atoms with Crippen molar-refractivity contribution in [3.63, 3.8) is 0 Å². The van der Waals surface area contributed by atoms with Crippen molar-refractivity contribution in [2.75, 3.05) is 32.7 Å². The first-order valence-corrected chi connectivity index (χ1v) is 7.50. The number of carbonyl (C=O) groups excluding carboxylic acids is 2. The highest BCUT2D eigenvalue weighted by atomic mass is 16.4. The van der Waals surface area contributed by atoms with Crippen LogP contribution in [0.1, 0.15) is 26.7 Å². The van der Waals surface area contributed by atoms with Gasteiger partial charge in [-0.3, -0.25) is 29.1 Å². The van der Waals surface area contributed by atoms with Crippen LogP contribution in [0.5, 0.6) is 0 Å². The lowest BCUT2D eigenvalue weighted by Gasteiger charge is -2.38. The molecule has 0 spiro atoms. The van der Waals surface area contributed by atoms with E-state index < -0.39 is 12.0 Å². The average molecular weight is 297 g/mol. The summed E-state index contributed by atoms with van der Waals surface area (Å²) in [4.78, 5) is 40.4. The van der Waals surface area contributed by atoms with E-state index in [0.717, 1.165) is 6.42 Å². The van der Waals surface area contributed by atoms with E-state index in [2.05, 4.69) is 0 Å². The van der Waals surface area contributed by atoms with Crippen molar-refractivity contribution in [3.05, 3.63) is 0 Å².